The van der Waals surface area contributed by atoms with Crippen LogP contribution in [0.5, 0.6) is 0 Å². The summed E-state index contributed by atoms with van der Waals surface area (Å²) in [6, 6.07) is 3.76. The van der Waals surface area contributed by atoms with Crippen molar-refractivity contribution in [2.45, 2.75) is 51.7 Å². The average molecular weight is 291 g/mol. The number of aromatic nitrogens is 1. The van der Waals surface area contributed by atoms with Crippen molar-refractivity contribution in [3.05, 3.63) is 23.9 Å². The van der Waals surface area contributed by atoms with Gasteiger partial charge in [-0.2, -0.15) is 0 Å². The molecule has 2 N–H and O–H groups in total. The Morgan fingerprint density at radius 2 is 2.33 bits per heavy atom. The maximum atomic E-state index is 12.5. The fourth-order valence-electron chi connectivity index (χ4n) is 2.59. The van der Waals surface area contributed by atoms with Gasteiger partial charge in [-0.05, 0) is 45.2 Å². The number of carbonyl (C=O) groups is 1. The van der Waals surface area contributed by atoms with E-state index in [9.17, 15) is 4.79 Å². The molecule has 21 heavy (non-hydrogen) atoms. The van der Waals surface area contributed by atoms with E-state index >= 15 is 0 Å². The van der Waals surface area contributed by atoms with E-state index in [1.54, 1.807) is 12.3 Å². The van der Waals surface area contributed by atoms with E-state index in [1.165, 1.54) is 0 Å². The summed E-state index contributed by atoms with van der Waals surface area (Å²) in [4.78, 5) is 16.7. The SMILES string of the molecule is CCCNc1ncccc1C(=O)NC1CCOC(C)(C)C1. The first-order valence-corrected chi connectivity index (χ1v) is 7.65. The van der Waals surface area contributed by atoms with E-state index in [1.807, 2.05) is 6.07 Å². The van der Waals surface area contributed by atoms with Crippen molar-refractivity contribution in [1.82, 2.24) is 10.3 Å². The molecular weight excluding hydrogens is 266 g/mol. The van der Waals surface area contributed by atoms with Gasteiger partial charge in [0.25, 0.3) is 5.91 Å². The van der Waals surface area contributed by atoms with Crippen LogP contribution in [-0.4, -0.2) is 35.7 Å². The van der Waals surface area contributed by atoms with Gasteiger partial charge in [0.15, 0.2) is 0 Å². The molecule has 2 heterocycles. The molecule has 0 saturated carbocycles. The van der Waals surface area contributed by atoms with Gasteiger partial charge in [0.05, 0.1) is 11.2 Å². The fourth-order valence-corrected chi connectivity index (χ4v) is 2.59. The number of hydrogen-bond donors (Lipinski definition) is 2. The van der Waals surface area contributed by atoms with Crippen LogP contribution < -0.4 is 10.6 Å². The standard InChI is InChI=1S/C16H25N3O2/c1-4-8-17-14-13(6-5-9-18-14)15(20)19-12-7-10-21-16(2,3)11-12/h5-6,9,12H,4,7-8,10-11H2,1-3H3,(H,17,18)(H,19,20). The van der Waals surface area contributed by atoms with E-state index in [0.717, 1.165) is 25.8 Å². The minimum Gasteiger partial charge on any atom is -0.375 e. The summed E-state index contributed by atoms with van der Waals surface area (Å²) in [6.45, 7) is 7.70. The van der Waals surface area contributed by atoms with E-state index in [-0.39, 0.29) is 17.6 Å². The summed E-state index contributed by atoms with van der Waals surface area (Å²) in [5, 5.41) is 6.31. The summed E-state index contributed by atoms with van der Waals surface area (Å²) in [6.07, 6.45) is 4.38. The molecule has 5 heteroatoms. The number of nitrogens with one attached hydrogen (secondary N) is 2. The van der Waals surface area contributed by atoms with Crippen LogP contribution in [0.2, 0.25) is 0 Å². The van der Waals surface area contributed by atoms with Crippen LogP contribution in [0.25, 0.3) is 0 Å². The number of ether oxygens (including phenoxy) is 1. The van der Waals surface area contributed by atoms with Crippen LogP contribution >= 0.6 is 0 Å². The summed E-state index contributed by atoms with van der Waals surface area (Å²) >= 11 is 0. The summed E-state index contributed by atoms with van der Waals surface area (Å²) in [5.74, 6) is 0.590. The average Bonchev–Trinajstić information content (AvgIpc) is 2.44. The number of anilines is 1. The van der Waals surface area contributed by atoms with Crippen molar-refractivity contribution in [3.63, 3.8) is 0 Å². The Morgan fingerprint density at radius 1 is 1.52 bits per heavy atom. The molecule has 0 spiro atoms. The Bertz CT molecular complexity index is 488. The third-order valence-corrected chi connectivity index (χ3v) is 3.63. The molecule has 1 amide bonds. The van der Waals surface area contributed by atoms with Crippen LogP contribution in [-0.2, 0) is 4.74 Å². The number of amides is 1. The van der Waals surface area contributed by atoms with E-state index in [4.69, 9.17) is 4.74 Å². The summed E-state index contributed by atoms with van der Waals surface area (Å²) in [7, 11) is 0. The number of rotatable bonds is 5. The van der Waals surface area contributed by atoms with Gasteiger partial charge in [0.1, 0.15) is 5.82 Å². The second-order valence-electron chi connectivity index (χ2n) is 6.10. The normalized spacial score (nSPS) is 20.8. The third kappa shape index (κ3) is 4.43. The fraction of sp³-hybridized carbons (Fsp3) is 0.625. The highest BCUT2D eigenvalue weighted by Crippen LogP contribution is 2.24. The predicted molar refractivity (Wildman–Crippen MR) is 83.5 cm³/mol. The number of pyridine rings is 1. The molecule has 1 fully saturated rings. The van der Waals surface area contributed by atoms with Crippen molar-refractivity contribution in [2.75, 3.05) is 18.5 Å². The van der Waals surface area contributed by atoms with Crippen LogP contribution in [0.15, 0.2) is 18.3 Å². The quantitative estimate of drug-likeness (QED) is 0.875. The maximum absolute atomic E-state index is 12.5. The van der Waals surface area contributed by atoms with Gasteiger partial charge in [-0.1, -0.05) is 6.92 Å². The molecular formula is C16H25N3O2. The molecule has 0 aliphatic carbocycles. The van der Waals surface area contributed by atoms with E-state index < -0.39 is 0 Å². The molecule has 0 aromatic carbocycles. The Kier molecular flexibility index (Phi) is 5.17. The van der Waals surface area contributed by atoms with Crippen molar-refractivity contribution >= 4 is 11.7 Å². The lowest BCUT2D eigenvalue weighted by molar-refractivity contribution is -0.0615. The monoisotopic (exact) mass is 291 g/mol. The maximum Gasteiger partial charge on any atom is 0.255 e. The zero-order valence-electron chi connectivity index (χ0n) is 13.1. The molecule has 5 nitrogen and oxygen atoms in total. The minimum absolute atomic E-state index is 0.0654. The van der Waals surface area contributed by atoms with E-state index in [2.05, 4.69) is 36.4 Å². The second kappa shape index (κ2) is 6.89. The number of hydrogen-bond acceptors (Lipinski definition) is 4. The second-order valence-corrected chi connectivity index (χ2v) is 6.10. The lowest BCUT2D eigenvalue weighted by atomic mass is 9.94. The Morgan fingerprint density at radius 3 is 3.05 bits per heavy atom. The molecule has 0 bridgehead atoms. The van der Waals surface area contributed by atoms with Gasteiger partial charge in [0, 0.05) is 25.4 Å². The van der Waals surface area contributed by atoms with Crippen molar-refractivity contribution in [2.24, 2.45) is 0 Å². The first kappa shape index (κ1) is 15.8. The highest BCUT2D eigenvalue weighted by Gasteiger charge is 2.30. The zero-order valence-corrected chi connectivity index (χ0v) is 13.1. The molecule has 0 radical (unpaired) electrons. The molecule has 2 rings (SSSR count). The highest BCUT2D eigenvalue weighted by molar-refractivity contribution is 5.98. The largest absolute Gasteiger partial charge is 0.375 e. The highest BCUT2D eigenvalue weighted by atomic mass is 16.5. The van der Waals surface area contributed by atoms with Gasteiger partial charge in [0.2, 0.25) is 0 Å². The Hall–Kier alpha value is -1.62. The minimum atomic E-state index is -0.172. The van der Waals surface area contributed by atoms with Gasteiger partial charge in [-0.3, -0.25) is 4.79 Å². The first-order chi connectivity index (χ1) is 10.0. The lowest BCUT2D eigenvalue weighted by Crippen LogP contribution is -2.45. The van der Waals surface area contributed by atoms with Crippen molar-refractivity contribution in [1.29, 1.82) is 0 Å². The van der Waals surface area contributed by atoms with Gasteiger partial charge in [-0.25, -0.2) is 4.98 Å². The Labute approximate surface area is 126 Å². The molecule has 116 valence electrons. The van der Waals surface area contributed by atoms with Crippen molar-refractivity contribution in [3.8, 4) is 0 Å². The summed E-state index contributed by atoms with van der Waals surface area (Å²) in [5.41, 5.74) is 0.435. The molecule has 1 unspecified atom stereocenters. The van der Waals surface area contributed by atoms with Crippen LogP contribution in [0.3, 0.4) is 0 Å². The van der Waals surface area contributed by atoms with Gasteiger partial charge >= 0.3 is 0 Å². The molecule has 1 aliphatic rings. The van der Waals surface area contributed by atoms with Crippen LogP contribution in [0.4, 0.5) is 5.82 Å². The number of carbonyl (C=O) groups excluding carboxylic acids is 1. The molecule has 1 aliphatic heterocycles. The number of nitrogens with zero attached hydrogens (tertiary/aromatic N) is 1. The predicted octanol–water partition coefficient (Wildman–Crippen LogP) is 2.59. The smallest absolute Gasteiger partial charge is 0.255 e. The van der Waals surface area contributed by atoms with E-state index in [0.29, 0.717) is 18.0 Å². The van der Waals surface area contributed by atoms with Crippen LogP contribution in [0, 0.1) is 0 Å². The summed E-state index contributed by atoms with van der Waals surface area (Å²) < 4.78 is 5.68. The van der Waals surface area contributed by atoms with Gasteiger partial charge in [-0.15, -0.1) is 0 Å². The topological polar surface area (TPSA) is 63.2 Å². The van der Waals surface area contributed by atoms with Crippen molar-refractivity contribution < 1.29 is 9.53 Å². The van der Waals surface area contributed by atoms with Gasteiger partial charge < -0.3 is 15.4 Å². The third-order valence-electron chi connectivity index (χ3n) is 3.63. The molecule has 1 atom stereocenters. The molecule has 1 aromatic heterocycles. The Balaban J connectivity index is 2.03. The zero-order chi connectivity index (χ0) is 15.3. The molecule has 1 aromatic rings. The first-order valence-electron chi connectivity index (χ1n) is 7.65. The lowest BCUT2D eigenvalue weighted by Gasteiger charge is -2.35. The molecule has 1 saturated heterocycles. The van der Waals surface area contributed by atoms with Crippen LogP contribution in [0.1, 0.15) is 50.4 Å².